The van der Waals surface area contributed by atoms with Gasteiger partial charge in [-0.2, -0.15) is 0 Å². The zero-order valence-electron chi connectivity index (χ0n) is 15.3. The molecule has 0 spiro atoms. The number of benzene rings is 4. The molecule has 0 aliphatic rings. The van der Waals surface area contributed by atoms with Crippen LogP contribution in [-0.4, -0.2) is 51.4 Å². The van der Waals surface area contributed by atoms with E-state index in [4.69, 9.17) is 0 Å². The molecule has 0 saturated carbocycles. The molecule has 4 rings (SSSR count). The molecule has 133 valence electrons. The van der Waals surface area contributed by atoms with Crippen molar-refractivity contribution in [3.8, 4) is 33.4 Å². The average molecular weight is 582 g/mol. The van der Waals surface area contributed by atoms with Crippen LogP contribution in [0.5, 0.6) is 0 Å². The van der Waals surface area contributed by atoms with Crippen molar-refractivity contribution >= 4 is 99.2 Å². The van der Waals surface area contributed by atoms with Crippen LogP contribution in [0.25, 0.3) is 33.4 Å². The molecular formula is C24H15Br3K. The number of halogens is 3. The number of rotatable bonds is 3. The van der Waals surface area contributed by atoms with E-state index in [1.165, 1.54) is 33.4 Å². The molecule has 0 nitrogen and oxygen atoms in total. The Hall–Kier alpha value is -0.0436. The van der Waals surface area contributed by atoms with Crippen molar-refractivity contribution in [1.29, 1.82) is 0 Å². The van der Waals surface area contributed by atoms with E-state index in [0.29, 0.717) is 0 Å². The van der Waals surface area contributed by atoms with Crippen molar-refractivity contribution in [3.63, 3.8) is 0 Å². The van der Waals surface area contributed by atoms with Crippen molar-refractivity contribution in [1.82, 2.24) is 0 Å². The fourth-order valence-electron chi connectivity index (χ4n) is 3.05. The Morgan fingerprint density at radius 3 is 0.750 bits per heavy atom. The predicted octanol–water partition coefficient (Wildman–Crippen LogP) is 8.59. The summed E-state index contributed by atoms with van der Waals surface area (Å²) in [5.41, 5.74) is 7.24. The molecule has 0 aliphatic heterocycles. The molecule has 0 unspecified atom stereocenters. The molecule has 0 aromatic heterocycles. The molecule has 0 fully saturated rings. The zero-order valence-corrected chi connectivity index (χ0v) is 23.2. The fraction of sp³-hybridized carbons (Fsp3) is 0. The molecule has 28 heavy (non-hydrogen) atoms. The molecule has 0 saturated heterocycles. The summed E-state index contributed by atoms with van der Waals surface area (Å²) in [7, 11) is 0. The zero-order chi connectivity index (χ0) is 18.8. The van der Waals surface area contributed by atoms with Crippen LogP contribution in [0, 0.1) is 0 Å². The molecule has 4 heteroatoms. The van der Waals surface area contributed by atoms with Gasteiger partial charge in [0.1, 0.15) is 0 Å². The Balaban J connectivity index is 0.00000225. The van der Waals surface area contributed by atoms with E-state index in [2.05, 4.69) is 139 Å². The quantitative estimate of drug-likeness (QED) is 0.213. The summed E-state index contributed by atoms with van der Waals surface area (Å²) in [6.07, 6.45) is 0. The first-order valence-corrected chi connectivity index (χ1v) is 10.9. The van der Waals surface area contributed by atoms with Gasteiger partial charge in [-0.15, -0.1) is 0 Å². The van der Waals surface area contributed by atoms with Gasteiger partial charge < -0.3 is 0 Å². The molecule has 0 bridgehead atoms. The third kappa shape index (κ3) is 5.55. The summed E-state index contributed by atoms with van der Waals surface area (Å²) < 4.78 is 3.26. The maximum atomic E-state index is 3.52. The van der Waals surface area contributed by atoms with Crippen LogP contribution in [-0.2, 0) is 0 Å². The average Bonchev–Trinajstić information content (AvgIpc) is 2.69. The SMILES string of the molecule is Brc1ccc(-c2cc(-c3ccc(Br)cc3)cc(-c3ccc(Br)cc3)c2)cc1.[K]. The molecule has 0 aliphatic carbocycles. The second-order valence-electron chi connectivity index (χ2n) is 6.32. The van der Waals surface area contributed by atoms with Crippen LogP contribution in [0.3, 0.4) is 0 Å². The summed E-state index contributed by atoms with van der Waals surface area (Å²) >= 11 is 10.6. The molecule has 0 N–H and O–H groups in total. The first kappa shape index (κ1) is 22.6. The third-order valence-corrected chi connectivity index (χ3v) is 6.05. The van der Waals surface area contributed by atoms with Crippen LogP contribution in [0.4, 0.5) is 0 Å². The van der Waals surface area contributed by atoms with E-state index in [9.17, 15) is 0 Å². The van der Waals surface area contributed by atoms with Gasteiger partial charge in [0.05, 0.1) is 0 Å². The molecule has 0 heterocycles. The molecule has 4 aromatic carbocycles. The van der Waals surface area contributed by atoms with Crippen LogP contribution in [0.2, 0.25) is 0 Å². The van der Waals surface area contributed by atoms with Gasteiger partial charge in [0.25, 0.3) is 0 Å². The predicted molar refractivity (Wildman–Crippen MR) is 132 cm³/mol. The standard InChI is InChI=1S/C24H15Br3.K/c25-22-7-1-16(2-8-22)19-13-20(17-3-9-23(26)10-4-17)15-21(14-19)18-5-11-24(27)12-6-18;/h1-15H;. The van der Waals surface area contributed by atoms with Gasteiger partial charge in [0, 0.05) is 64.8 Å². The summed E-state index contributed by atoms with van der Waals surface area (Å²) in [4.78, 5) is 0. The monoisotopic (exact) mass is 579 g/mol. The van der Waals surface area contributed by atoms with Crippen LogP contribution < -0.4 is 0 Å². The maximum absolute atomic E-state index is 3.52. The minimum Gasteiger partial charge on any atom is -0.0533 e. The van der Waals surface area contributed by atoms with Crippen molar-refractivity contribution in [2.75, 3.05) is 0 Å². The van der Waals surface area contributed by atoms with E-state index >= 15 is 0 Å². The van der Waals surface area contributed by atoms with Gasteiger partial charge in [-0.25, -0.2) is 0 Å². The van der Waals surface area contributed by atoms with Gasteiger partial charge in [-0.05, 0) is 88.0 Å². The number of hydrogen-bond acceptors (Lipinski definition) is 0. The van der Waals surface area contributed by atoms with Crippen molar-refractivity contribution in [3.05, 3.63) is 104 Å². The van der Waals surface area contributed by atoms with Gasteiger partial charge in [0.15, 0.2) is 0 Å². The summed E-state index contributed by atoms with van der Waals surface area (Å²) in [5.74, 6) is 0. The van der Waals surface area contributed by atoms with E-state index in [-0.39, 0.29) is 51.4 Å². The van der Waals surface area contributed by atoms with Crippen LogP contribution in [0.15, 0.2) is 104 Å². The van der Waals surface area contributed by atoms with Crippen molar-refractivity contribution in [2.24, 2.45) is 0 Å². The van der Waals surface area contributed by atoms with Crippen LogP contribution >= 0.6 is 47.8 Å². The molecule has 4 aromatic rings. The van der Waals surface area contributed by atoms with E-state index in [0.717, 1.165) is 13.4 Å². The van der Waals surface area contributed by atoms with Crippen LogP contribution in [0.1, 0.15) is 0 Å². The topological polar surface area (TPSA) is 0 Å². The summed E-state index contributed by atoms with van der Waals surface area (Å²) in [5, 5.41) is 0. The minimum absolute atomic E-state index is 0. The third-order valence-electron chi connectivity index (χ3n) is 4.47. The Morgan fingerprint density at radius 1 is 0.321 bits per heavy atom. The van der Waals surface area contributed by atoms with E-state index < -0.39 is 0 Å². The Kier molecular flexibility index (Phi) is 8.34. The first-order valence-electron chi connectivity index (χ1n) is 8.51. The largest absolute Gasteiger partial charge is 0.0533 e. The van der Waals surface area contributed by atoms with Gasteiger partial charge >= 0.3 is 0 Å². The molecule has 0 atom stereocenters. The minimum atomic E-state index is 0. The number of hydrogen-bond donors (Lipinski definition) is 0. The Labute approximate surface area is 233 Å². The van der Waals surface area contributed by atoms with E-state index in [1.807, 2.05) is 0 Å². The van der Waals surface area contributed by atoms with Gasteiger partial charge in [0.2, 0.25) is 0 Å². The van der Waals surface area contributed by atoms with Crippen molar-refractivity contribution < 1.29 is 0 Å². The second kappa shape index (κ2) is 10.3. The Bertz CT molecular complexity index is 916. The van der Waals surface area contributed by atoms with Crippen molar-refractivity contribution in [2.45, 2.75) is 0 Å². The Morgan fingerprint density at radius 2 is 0.536 bits per heavy atom. The molecule has 0 amide bonds. The summed E-state index contributed by atoms with van der Waals surface area (Å²) in [6.45, 7) is 0. The normalized spacial score (nSPS) is 10.4. The van der Waals surface area contributed by atoms with Gasteiger partial charge in [-0.1, -0.05) is 84.2 Å². The fourth-order valence-corrected chi connectivity index (χ4v) is 3.85. The van der Waals surface area contributed by atoms with Gasteiger partial charge in [-0.3, -0.25) is 0 Å². The summed E-state index contributed by atoms with van der Waals surface area (Å²) in [6, 6.07) is 32.2. The second-order valence-corrected chi connectivity index (χ2v) is 9.07. The first-order chi connectivity index (χ1) is 13.1. The maximum Gasteiger partial charge on any atom is 0.0175 e. The molecular weight excluding hydrogens is 567 g/mol. The smallest absolute Gasteiger partial charge is 0.0175 e. The molecule has 1 radical (unpaired) electrons. The van der Waals surface area contributed by atoms with E-state index in [1.54, 1.807) is 0 Å².